The van der Waals surface area contributed by atoms with Crippen molar-refractivity contribution < 1.29 is 14.2 Å². The molecule has 0 radical (unpaired) electrons. The second kappa shape index (κ2) is 8.22. The molecule has 2 rings (SSSR count). The number of hydrogen-bond donors (Lipinski definition) is 1. The van der Waals surface area contributed by atoms with E-state index in [1.165, 1.54) is 5.56 Å². The summed E-state index contributed by atoms with van der Waals surface area (Å²) in [7, 11) is 3.60. The largest absolute Gasteiger partial charge is 0.493 e. The number of nitrogens with one attached hydrogen (secondary N) is 1. The summed E-state index contributed by atoms with van der Waals surface area (Å²) in [5.74, 6) is 1.54. The van der Waals surface area contributed by atoms with Crippen LogP contribution < -0.4 is 14.8 Å². The molecule has 0 aromatic heterocycles. The van der Waals surface area contributed by atoms with Crippen LogP contribution in [0, 0.1) is 0 Å². The second-order valence-corrected chi connectivity index (χ2v) is 5.21. The third kappa shape index (κ3) is 4.59. The van der Waals surface area contributed by atoms with Crippen LogP contribution in [0.4, 0.5) is 0 Å². The van der Waals surface area contributed by atoms with E-state index in [2.05, 4.69) is 23.2 Å². The number of nitrogens with zero attached hydrogens (tertiary/aromatic N) is 1. The van der Waals surface area contributed by atoms with Gasteiger partial charge in [0.2, 0.25) is 0 Å². The van der Waals surface area contributed by atoms with E-state index in [-0.39, 0.29) is 6.10 Å². The lowest BCUT2D eigenvalue weighted by molar-refractivity contribution is -0.0466. The van der Waals surface area contributed by atoms with Gasteiger partial charge in [-0.15, -0.1) is 0 Å². The standard InChI is InChI=1S/C16H26N2O3/c1-4-18-7-8-20-14(11-18)12-21-15-6-5-13(10-17-2)9-16(15)19-3/h5-6,9,14,17H,4,7-8,10-12H2,1-3H3. The van der Waals surface area contributed by atoms with Gasteiger partial charge in [0, 0.05) is 19.6 Å². The third-order valence-corrected chi connectivity index (χ3v) is 3.70. The summed E-state index contributed by atoms with van der Waals surface area (Å²) >= 11 is 0. The number of morpholine rings is 1. The highest BCUT2D eigenvalue weighted by Gasteiger charge is 2.20. The highest BCUT2D eigenvalue weighted by Crippen LogP contribution is 2.28. The van der Waals surface area contributed by atoms with E-state index in [0.29, 0.717) is 6.61 Å². The Kier molecular flexibility index (Phi) is 6.29. The first-order valence-corrected chi connectivity index (χ1v) is 7.55. The van der Waals surface area contributed by atoms with Gasteiger partial charge in [0.05, 0.1) is 13.7 Å². The Balaban J connectivity index is 1.93. The van der Waals surface area contributed by atoms with Gasteiger partial charge < -0.3 is 19.5 Å². The molecule has 21 heavy (non-hydrogen) atoms. The summed E-state index contributed by atoms with van der Waals surface area (Å²) in [6, 6.07) is 6.02. The highest BCUT2D eigenvalue weighted by atomic mass is 16.5. The second-order valence-electron chi connectivity index (χ2n) is 5.21. The van der Waals surface area contributed by atoms with Crippen LogP contribution >= 0.6 is 0 Å². The summed E-state index contributed by atoms with van der Waals surface area (Å²) < 4.78 is 17.1. The zero-order chi connectivity index (χ0) is 15.1. The van der Waals surface area contributed by atoms with Crippen LogP contribution in [0.5, 0.6) is 11.5 Å². The quantitative estimate of drug-likeness (QED) is 0.826. The fourth-order valence-electron chi connectivity index (χ4n) is 2.50. The minimum absolute atomic E-state index is 0.125. The predicted octanol–water partition coefficient (Wildman–Crippen LogP) is 1.51. The topological polar surface area (TPSA) is 43.0 Å². The number of benzene rings is 1. The van der Waals surface area contributed by atoms with Crippen LogP contribution in [0.15, 0.2) is 18.2 Å². The molecule has 0 bridgehead atoms. The Hall–Kier alpha value is -1.30. The first-order chi connectivity index (χ1) is 10.3. The van der Waals surface area contributed by atoms with Gasteiger partial charge in [-0.25, -0.2) is 0 Å². The van der Waals surface area contributed by atoms with E-state index in [0.717, 1.165) is 44.3 Å². The van der Waals surface area contributed by atoms with E-state index < -0.39 is 0 Å². The van der Waals surface area contributed by atoms with Crippen LogP contribution in [0.25, 0.3) is 0 Å². The fraction of sp³-hybridized carbons (Fsp3) is 0.625. The summed E-state index contributed by atoms with van der Waals surface area (Å²) in [5.41, 5.74) is 1.17. The van der Waals surface area contributed by atoms with Gasteiger partial charge in [0.25, 0.3) is 0 Å². The van der Waals surface area contributed by atoms with Gasteiger partial charge in [0.15, 0.2) is 11.5 Å². The molecule has 1 heterocycles. The molecule has 1 aromatic rings. The van der Waals surface area contributed by atoms with Crippen molar-refractivity contribution in [3.63, 3.8) is 0 Å². The molecule has 1 fully saturated rings. The molecule has 1 N–H and O–H groups in total. The van der Waals surface area contributed by atoms with Crippen LogP contribution in [0.3, 0.4) is 0 Å². The Bertz CT molecular complexity index is 440. The van der Waals surface area contributed by atoms with Crippen molar-refractivity contribution in [3.8, 4) is 11.5 Å². The lowest BCUT2D eigenvalue weighted by Gasteiger charge is -2.31. The molecule has 1 atom stereocenters. The fourth-order valence-corrected chi connectivity index (χ4v) is 2.50. The lowest BCUT2D eigenvalue weighted by Crippen LogP contribution is -2.44. The summed E-state index contributed by atoms with van der Waals surface area (Å²) in [6.07, 6.45) is 0.125. The molecule has 0 amide bonds. The van der Waals surface area contributed by atoms with Crippen molar-refractivity contribution in [3.05, 3.63) is 23.8 Å². The predicted molar refractivity (Wildman–Crippen MR) is 83.1 cm³/mol. The number of ether oxygens (including phenoxy) is 3. The number of rotatable bonds is 7. The van der Waals surface area contributed by atoms with Gasteiger partial charge in [-0.3, -0.25) is 4.90 Å². The zero-order valence-corrected chi connectivity index (χ0v) is 13.2. The monoisotopic (exact) mass is 294 g/mol. The van der Waals surface area contributed by atoms with E-state index in [9.17, 15) is 0 Å². The minimum Gasteiger partial charge on any atom is -0.493 e. The summed E-state index contributed by atoms with van der Waals surface area (Å²) in [4.78, 5) is 2.38. The molecule has 1 saturated heterocycles. The van der Waals surface area contributed by atoms with Crippen LogP contribution in [0.1, 0.15) is 12.5 Å². The van der Waals surface area contributed by atoms with Crippen LogP contribution in [-0.4, -0.2) is 58.0 Å². The molecule has 1 aromatic carbocycles. The summed E-state index contributed by atoms with van der Waals surface area (Å²) in [6.45, 7) is 7.31. The van der Waals surface area contributed by atoms with Crippen molar-refractivity contribution in [1.82, 2.24) is 10.2 Å². The average Bonchev–Trinajstić information content (AvgIpc) is 2.54. The maximum Gasteiger partial charge on any atom is 0.161 e. The molecule has 1 aliphatic rings. The van der Waals surface area contributed by atoms with Crippen LogP contribution in [-0.2, 0) is 11.3 Å². The Morgan fingerprint density at radius 3 is 2.95 bits per heavy atom. The average molecular weight is 294 g/mol. The molecule has 0 saturated carbocycles. The van der Waals surface area contributed by atoms with Crippen molar-refractivity contribution >= 4 is 0 Å². The van der Waals surface area contributed by atoms with Crippen molar-refractivity contribution in [2.45, 2.75) is 19.6 Å². The molecule has 0 aliphatic carbocycles. The maximum atomic E-state index is 5.90. The molecular weight excluding hydrogens is 268 g/mol. The van der Waals surface area contributed by atoms with E-state index in [1.54, 1.807) is 7.11 Å². The Morgan fingerprint density at radius 1 is 1.38 bits per heavy atom. The first-order valence-electron chi connectivity index (χ1n) is 7.55. The SMILES string of the molecule is CCN1CCOC(COc2ccc(CNC)cc2OC)C1. The normalized spacial score (nSPS) is 19.5. The van der Waals surface area contributed by atoms with E-state index >= 15 is 0 Å². The molecular formula is C16H26N2O3. The zero-order valence-electron chi connectivity index (χ0n) is 13.2. The number of hydrogen-bond acceptors (Lipinski definition) is 5. The highest BCUT2D eigenvalue weighted by molar-refractivity contribution is 5.43. The molecule has 118 valence electrons. The smallest absolute Gasteiger partial charge is 0.161 e. The molecule has 1 unspecified atom stereocenters. The lowest BCUT2D eigenvalue weighted by atomic mass is 10.2. The molecule has 0 spiro atoms. The van der Waals surface area contributed by atoms with Crippen molar-refractivity contribution in [2.24, 2.45) is 0 Å². The van der Waals surface area contributed by atoms with Gasteiger partial charge in [-0.1, -0.05) is 13.0 Å². The molecule has 5 heteroatoms. The Morgan fingerprint density at radius 2 is 2.24 bits per heavy atom. The van der Waals surface area contributed by atoms with Crippen LogP contribution in [0.2, 0.25) is 0 Å². The van der Waals surface area contributed by atoms with Crippen molar-refractivity contribution in [1.29, 1.82) is 0 Å². The maximum absolute atomic E-state index is 5.90. The summed E-state index contributed by atoms with van der Waals surface area (Å²) in [5, 5.41) is 3.13. The van der Waals surface area contributed by atoms with E-state index in [1.807, 2.05) is 19.2 Å². The van der Waals surface area contributed by atoms with E-state index in [4.69, 9.17) is 14.2 Å². The van der Waals surface area contributed by atoms with Gasteiger partial charge in [0.1, 0.15) is 12.7 Å². The van der Waals surface area contributed by atoms with Gasteiger partial charge in [-0.2, -0.15) is 0 Å². The number of methoxy groups -OCH3 is 1. The molecule has 1 aliphatic heterocycles. The van der Waals surface area contributed by atoms with Gasteiger partial charge >= 0.3 is 0 Å². The minimum atomic E-state index is 0.125. The molecule has 5 nitrogen and oxygen atoms in total. The Labute approximate surface area is 127 Å². The third-order valence-electron chi connectivity index (χ3n) is 3.70. The first kappa shape index (κ1) is 16.1. The van der Waals surface area contributed by atoms with Gasteiger partial charge in [-0.05, 0) is 31.3 Å². The van der Waals surface area contributed by atoms with Crippen molar-refractivity contribution in [2.75, 3.05) is 47.0 Å². The number of likely N-dealkylation sites (N-methyl/N-ethyl adjacent to an activating group) is 1.